The van der Waals surface area contributed by atoms with Crippen LogP contribution in [0.4, 0.5) is 0 Å². The van der Waals surface area contributed by atoms with Gasteiger partial charge in [-0.15, -0.1) is 0 Å². The minimum absolute atomic E-state index is 0.428. The fraction of sp³-hybridized carbons (Fsp3) is 0.727. The highest BCUT2D eigenvalue weighted by Gasteiger charge is 2.16. The first-order chi connectivity index (χ1) is 6.86. The number of rotatable bonds is 3. The zero-order valence-corrected chi connectivity index (χ0v) is 8.79. The summed E-state index contributed by atoms with van der Waals surface area (Å²) in [5.74, 6) is 0. The second-order valence-electron chi connectivity index (χ2n) is 4.25. The fourth-order valence-electron chi connectivity index (χ4n) is 2.22. The maximum Gasteiger partial charge on any atom is 0.0534 e. The second kappa shape index (κ2) is 4.60. The molecule has 2 N–H and O–H groups in total. The lowest BCUT2D eigenvalue weighted by Crippen LogP contribution is -2.32. The van der Waals surface area contributed by atoms with Crippen LogP contribution in [-0.4, -0.2) is 16.2 Å². The smallest absolute Gasteiger partial charge is 0.0534 e. The van der Waals surface area contributed by atoms with E-state index in [-0.39, 0.29) is 0 Å². The molecule has 0 spiro atoms. The van der Waals surface area contributed by atoms with Crippen molar-refractivity contribution in [1.82, 2.24) is 15.5 Å². The van der Waals surface area contributed by atoms with Gasteiger partial charge in [0.25, 0.3) is 0 Å². The maximum absolute atomic E-state index is 3.97. The van der Waals surface area contributed by atoms with Crippen LogP contribution >= 0.6 is 0 Å². The number of nitrogens with zero attached hydrogens (tertiary/aromatic N) is 1. The van der Waals surface area contributed by atoms with Crippen molar-refractivity contribution in [3.8, 4) is 0 Å². The van der Waals surface area contributed by atoms with Gasteiger partial charge in [-0.1, -0.05) is 19.3 Å². The molecule has 1 atom stereocenters. The van der Waals surface area contributed by atoms with Crippen LogP contribution in [-0.2, 0) is 0 Å². The van der Waals surface area contributed by atoms with E-state index >= 15 is 0 Å². The lowest BCUT2D eigenvalue weighted by atomic mass is 9.94. The van der Waals surface area contributed by atoms with Gasteiger partial charge in [0.2, 0.25) is 0 Å². The van der Waals surface area contributed by atoms with Gasteiger partial charge in [0.1, 0.15) is 0 Å². The lowest BCUT2D eigenvalue weighted by Gasteiger charge is -2.26. The molecule has 0 radical (unpaired) electrons. The molecular formula is C11H19N3. The summed E-state index contributed by atoms with van der Waals surface area (Å²) in [6.45, 7) is 2.21. The van der Waals surface area contributed by atoms with Crippen LogP contribution < -0.4 is 5.32 Å². The highest BCUT2D eigenvalue weighted by atomic mass is 15.1. The number of hydrogen-bond acceptors (Lipinski definition) is 2. The van der Waals surface area contributed by atoms with E-state index in [2.05, 4.69) is 22.4 Å². The summed E-state index contributed by atoms with van der Waals surface area (Å²) >= 11 is 0. The SMILES string of the molecule is CC(NC1CCCCC1)c1cn[nH]c1. The van der Waals surface area contributed by atoms with E-state index in [0.29, 0.717) is 12.1 Å². The molecule has 0 amide bonds. The quantitative estimate of drug-likeness (QED) is 0.774. The molecule has 0 aromatic carbocycles. The maximum atomic E-state index is 3.97. The summed E-state index contributed by atoms with van der Waals surface area (Å²) < 4.78 is 0. The van der Waals surface area contributed by atoms with E-state index in [9.17, 15) is 0 Å². The van der Waals surface area contributed by atoms with E-state index in [1.54, 1.807) is 0 Å². The molecule has 2 rings (SSSR count). The van der Waals surface area contributed by atoms with Crippen molar-refractivity contribution in [2.45, 2.75) is 51.1 Å². The highest BCUT2D eigenvalue weighted by molar-refractivity contribution is 5.08. The van der Waals surface area contributed by atoms with Crippen LogP contribution in [0.2, 0.25) is 0 Å². The molecule has 1 aromatic heterocycles. The Morgan fingerprint density at radius 3 is 2.86 bits per heavy atom. The third kappa shape index (κ3) is 2.35. The third-order valence-corrected chi connectivity index (χ3v) is 3.11. The number of nitrogens with one attached hydrogen (secondary N) is 2. The van der Waals surface area contributed by atoms with Crippen molar-refractivity contribution in [3.63, 3.8) is 0 Å². The third-order valence-electron chi connectivity index (χ3n) is 3.11. The minimum atomic E-state index is 0.428. The minimum Gasteiger partial charge on any atom is -0.307 e. The predicted octanol–water partition coefficient (Wildman–Crippen LogP) is 2.39. The second-order valence-corrected chi connectivity index (χ2v) is 4.25. The molecule has 3 heteroatoms. The Morgan fingerprint density at radius 2 is 2.21 bits per heavy atom. The standard InChI is InChI=1S/C11H19N3/c1-9(10-7-12-13-8-10)14-11-5-3-2-4-6-11/h7-9,11,14H,2-6H2,1H3,(H,12,13). The number of aromatic nitrogens is 2. The van der Waals surface area contributed by atoms with Crippen molar-refractivity contribution in [1.29, 1.82) is 0 Å². The first kappa shape index (κ1) is 9.71. The fourth-order valence-corrected chi connectivity index (χ4v) is 2.22. The van der Waals surface area contributed by atoms with E-state index in [1.807, 2.05) is 12.4 Å². The summed E-state index contributed by atoms with van der Waals surface area (Å²) in [5, 5.41) is 10.5. The van der Waals surface area contributed by atoms with Gasteiger partial charge in [0.15, 0.2) is 0 Å². The Hall–Kier alpha value is -0.830. The lowest BCUT2D eigenvalue weighted by molar-refractivity contribution is 0.347. The Labute approximate surface area is 85.3 Å². The first-order valence-electron chi connectivity index (χ1n) is 5.61. The molecule has 1 saturated carbocycles. The normalized spacial score (nSPS) is 20.9. The molecule has 1 fully saturated rings. The summed E-state index contributed by atoms with van der Waals surface area (Å²) in [5.41, 5.74) is 1.26. The Morgan fingerprint density at radius 1 is 1.43 bits per heavy atom. The zero-order chi connectivity index (χ0) is 9.80. The molecule has 0 bridgehead atoms. The molecule has 0 saturated heterocycles. The Bertz CT molecular complexity index is 250. The summed E-state index contributed by atoms with van der Waals surface area (Å²) in [4.78, 5) is 0. The van der Waals surface area contributed by atoms with Crippen LogP contribution in [0.5, 0.6) is 0 Å². The Balaban J connectivity index is 1.84. The van der Waals surface area contributed by atoms with Gasteiger partial charge < -0.3 is 5.32 Å². The molecular weight excluding hydrogens is 174 g/mol. The van der Waals surface area contributed by atoms with Gasteiger partial charge in [0, 0.05) is 23.8 Å². The number of aromatic amines is 1. The van der Waals surface area contributed by atoms with Crippen LogP contribution in [0.3, 0.4) is 0 Å². The van der Waals surface area contributed by atoms with Gasteiger partial charge in [0.05, 0.1) is 6.20 Å². The summed E-state index contributed by atoms with van der Waals surface area (Å²) in [6.07, 6.45) is 10.7. The molecule has 14 heavy (non-hydrogen) atoms. The van der Waals surface area contributed by atoms with Crippen LogP contribution in [0.15, 0.2) is 12.4 Å². The molecule has 3 nitrogen and oxygen atoms in total. The van der Waals surface area contributed by atoms with Gasteiger partial charge in [-0.05, 0) is 19.8 Å². The average Bonchev–Trinajstić information content (AvgIpc) is 2.72. The van der Waals surface area contributed by atoms with Crippen molar-refractivity contribution in [3.05, 3.63) is 18.0 Å². The highest BCUT2D eigenvalue weighted by Crippen LogP contribution is 2.20. The molecule has 78 valence electrons. The summed E-state index contributed by atoms with van der Waals surface area (Å²) in [6, 6.07) is 1.14. The zero-order valence-electron chi connectivity index (χ0n) is 8.79. The average molecular weight is 193 g/mol. The summed E-state index contributed by atoms with van der Waals surface area (Å²) in [7, 11) is 0. The van der Waals surface area contributed by atoms with Crippen molar-refractivity contribution in [2.75, 3.05) is 0 Å². The molecule has 1 aliphatic carbocycles. The van der Waals surface area contributed by atoms with Gasteiger partial charge >= 0.3 is 0 Å². The van der Waals surface area contributed by atoms with E-state index < -0.39 is 0 Å². The van der Waals surface area contributed by atoms with Gasteiger partial charge in [-0.3, -0.25) is 5.10 Å². The molecule has 1 aromatic rings. The van der Waals surface area contributed by atoms with E-state index in [1.165, 1.54) is 37.7 Å². The number of H-pyrrole nitrogens is 1. The van der Waals surface area contributed by atoms with Crippen LogP contribution in [0.25, 0.3) is 0 Å². The largest absolute Gasteiger partial charge is 0.307 e. The van der Waals surface area contributed by atoms with E-state index in [0.717, 1.165) is 0 Å². The topological polar surface area (TPSA) is 40.7 Å². The molecule has 1 heterocycles. The van der Waals surface area contributed by atoms with Crippen molar-refractivity contribution < 1.29 is 0 Å². The Kier molecular flexibility index (Phi) is 3.19. The molecule has 1 aliphatic rings. The number of hydrogen-bond donors (Lipinski definition) is 2. The van der Waals surface area contributed by atoms with E-state index in [4.69, 9.17) is 0 Å². The molecule has 1 unspecified atom stereocenters. The van der Waals surface area contributed by atoms with Gasteiger partial charge in [-0.25, -0.2) is 0 Å². The monoisotopic (exact) mass is 193 g/mol. The first-order valence-corrected chi connectivity index (χ1v) is 5.61. The van der Waals surface area contributed by atoms with Crippen LogP contribution in [0, 0.1) is 0 Å². The van der Waals surface area contributed by atoms with Crippen LogP contribution in [0.1, 0.15) is 50.6 Å². The van der Waals surface area contributed by atoms with Crippen molar-refractivity contribution >= 4 is 0 Å². The van der Waals surface area contributed by atoms with Crippen molar-refractivity contribution in [2.24, 2.45) is 0 Å². The molecule has 0 aliphatic heterocycles. The van der Waals surface area contributed by atoms with Gasteiger partial charge in [-0.2, -0.15) is 5.10 Å². The predicted molar refractivity (Wildman–Crippen MR) is 57.0 cm³/mol.